The van der Waals surface area contributed by atoms with Gasteiger partial charge in [0.1, 0.15) is 5.82 Å². The fraction of sp³-hybridized carbons (Fsp3) is 0. The van der Waals surface area contributed by atoms with E-state index in [0.29, 0.717) is 5.82 Å². The van der Waals surface area contributed by atoms with Gasteiger partial charge in [0.25, 0.3) is 0 Å². The van der Waals surface area contributed by atoms with Crippen LogP contribution in [0.2, 0.25) is 0 Å². The molecule has 0 aliphatic heterocycles. The zero-order valence-electron chi connectivity index (χ0n) is 4.59. The molecule has 0 aliphatic carbocycles. The predicted octanol–water partition coefficient (Wildman–Crippen LogP) is 0.178. The van der Waals surface area contributed by atoms with Crippen molar-refractivity contribution in [2.24, 2.45) is 10.8 Å². The van der Waals surface area contributed by atoms with Gasteiger partial charge in [-0.1, -0.05) is 12.7 Å². The fourth-order valence-electron chi connectivity index (χ4n) is 0.258. The molecule has 0 spiro atoms. The Morgan fingerprint density at radius 1 is 1.75 bits per heavy atom. The van der Waals surface area contributed by atoms with E-state index in [4.69, 9.17) is 5.84 Å². The van der Waals surface area contributed by atoms with Crippen LogP contribution in [0.15, 0.2) is 29.5 Å². The molecule has 3 N–H and O–H groups in total. The maximum atomic E-state index is 4.97. The number of aliphatic imine (C=N–C) groups is 1. The lowest BCUT2D eigenvalue weighted by Crippen LogP contribution is -2.19. The normalized spacial score (nSPS) is 10.4. The SMILES string of the molecule is C=C/C=C(\N=C)NN. The molecule has 0 radical (unpaired) electrons. The number of nitrogens with two attached hydrogens (primary N) is 1. The second-order valence-corrected chi connectivity index (χ2v) is 1.09. The summed E-state index contributed by atoms with van der Waals surface area (Å²) in [6.45, 7) is 6.68. The molecule has 0 rings (SSSR count). The third-order valence-electron chi connectivity index (χ3n) is 0.594. The molecule has 3 heteroatoms. The Bertz CT molecular complexity index is 115. The minimum Gasteiger partial charge on any atom is -0.309 e. The average Bonchev–Trinajstić information content (AvgIpc) is 1.83. The van der Waals surface area contributed by atoms with Gasteiger partial charge in [-0.25, -0.2) is 10.8 Å². The summed E-state index contributed by atoms with van der Waals surface area (Å²) in [4.78, 5) is 3.50. The Morgan fingerprint density at radius 3 is 2.50 bits per heavy atom. The molecule has 0 heterocycles. The number of hydrogen-bond donors (Lipinski definition) is 2. The van der Waals surface area contributed by atoms with Gasteiger partial charge >= 0.3 is 0 Å². The largest absolute Gasteiger partial charge is 0.309 e. The molecule has 0 unspecified atom stereocenters. The fourth-order valence-corrected chi connectivity index (χ4v) is 0.258. The standard InChI is InChI=1S/C5H9N3/c1-3-4-5(7-2)8-6/h3-4,8H,1-2,6H2/b5-4+. The van der Waals surface area contributed by atoms with Crippen LogP contribution in [0.25, 0.3) is 0 Å². The first-order valence-electron chi connectivity index (χ1n) is 2.11. The maximum absolute atomic E-state index is 4.97. The van der Waals surface area contributed by atoms with Crippen LogP contribution in [0, 0.1) is 0 Å². The van der Waals surface area contributed by atoms with Gasteiger partial charge in [0.15, 0.2) is 0 Å². The molecule has 0 aromatic heterocycles. The summed E-state index contributed by atoms with van der Waals surface area (Å²) in [5.41, 5.74) is 2.31. The van der Waals surface area contributed by atoms with E-state index in [1.807, 2.05) is 0 Å². The summed E-state index contributed by atoms with van der Waals surface area (Å²) in [5, 5.41) is 0. The van der Waals surface area contributed by atoms with E-state index in [2.05, 4.69) is 23.7 Å². The summed E-state index contributed by atoms with van der Waals surface area (Å²) in [5.74, 6) is 5.48. The summed E-state index contributed by atoms with van der Waals surface area (Å²) in [7, 11) is 0. The van der Waals surface area contributed by atoms with Crippen LogP contribution < -0.4 is 11.3 Å². The molecule has 0 fully saturated rings. The number of hydrogen-bond acceptors (Lipinski definition) is 3. The number of hydrazine groups is 1. The van der Waals surface area contributed by atoms with Crippen molar-refractivity contribution in [3.63, 3.8) is 0 Å². The maximum Gasteiger partial charge on any atom is 0.139 e. The Kier molecular flexibility index (Phi) is 3.52. The number of nitrogens with zero attached hydrogens (tertiary/aromatic N) is 1. The van der Waals surface area contributed by atoms with Gasteiger partial charge in [-0.2, -0.15) is 0 Å². The van der Waals surface area contributed by atoms with E-state index < -0.39 is 0 Å². The summed E-state index contributed by atoms with van der Waals surface area (Å²) >= 11 is 0. The smallest absolute Gasteiger partial charge is 0.139 e. The molecule has 0 aromatic rings. The monoisotopic (exact) mass is 111 g/mol. The molecule has 3 nitrogen and oxygen atoms in total. The Morgan fingerprint density at radius 2 is 2.38 bits per heavy atom. The molecular weight excluding hydrogens is 102 g/mol. The average molecular weight is 111 g/mol. The lowest BCUT2D eigenvalue weighted by atomic mass is 10.5. The number of allylic oxidation sites excluding steroid dienone is 2. The van der Waals surface area contributed by atoms with E-state index in [9.17, 15) is 0 Å². The van der Waals surface area contributed by atoms with Gasteiger partial charge in [-0.15, -0.1) is 0 Å². The lowest BCUT2D eigenvalue weighted by Gasteiger charge is -1.93. The minimum atomic E-state index is 0.514. The Balaban J connectivity index is 3.84. The second kappa shape index (κ2) is 4.08. The summed E-state index contributed by atoms with van der Waals surface area (Å²) < 4.78 is 0. The van der Waals surface area contributed by atoms with Crippen LogP contribution in [-0.4, -0.2) is 6.72 Å². The number of nitrogens with one attached hydrogen (secondary N) is 1. The molecule has 0 bridgehead atoms. The third kappa shape index (κ3) is 2.15. The highest BCUT2D eigenvalue weighted by atomic mass is 15.3. The van der Waals surface area contributed by atoms with Crippen LogP contribution in [0.1, 0.15) is 0 Å². The van der Waals surface area contributed by atoms with E-state index in [-0.39, 0.29) is 0 Å². The van der Waals surface area contributed by atoms with Crippen molar-refractivity contribution in [1.82, 2.24) is 5.43 Å². The van der Waals surface area contributed by atoms with Crippen molar-refractivity contribution in [3.8, 4) is 0 Å². The van der Waals surface area contributed by atoms with Gasteiger partial charge in [0.2, 0.25) is 0 Å². The summed E-state index contributed by atoms with van der Waals surface area (Å²) in [6, 6.07) is 0. The first kappa shape index (κ1) is 6.91. The molecule has 8 heavy (non-hydrogen) atoms. The van der Waals surface area contributed by atoms with E-state index in [1.165, 1.54) is 0 Å². The minimum absolute atomic E-state index is 0.514. The van der Waals surface area contributed by atoms with Crippen LogP contribution in [-0.2, 0) is 0 Å². The molecule has 0 saturated heterocycles. The lowest BCUT2D eigenvalue weighted by molar-refractivity contribution is 0.873. The number of rotatable bonds is 3. The zero-order valence-corrected chi connectivity index (χ0v) is 4.59. The van der Waals surface area contributed by atoms with Gasteiger partial charge in [0, 0.05) is 0 Å². The van der Waals surface area contributed by atoms with Crippen molar-refractivity contribution in [2.45, 2.75) is 0 Å². The van der Waals surface area contributed by atoms with Gasteiger partial charge in [-0.3, -0.25) is 0 Å². The van der Waals surface area contributed by atoms with Crippen LogP contribution in [0.5, 0.6) is 0 Å². The van der Waals surface area contributed by atoms with Crippen molar-refractivity contribution < 1.29 is 0 Å². The van der Waals surface area contributed by atoms with Crippen LogP contribution in [0.4, 0.5) is 0 Å². The van der Waals surface area contributed by atoms with Gasteiger partial charge in [0.05, 0.1) is 0 Å². The molecule has 0 atom stereocenters. The zero-order chi connectivity index (χ0) is 6.41. The molecular formula is C5H9N3. The van der Waals surface area contributed by atoms with Gasteiger partial charge < -0.3 is 5.43 Å². The van der Waals surface area contributed by atoms with Crippen LogP contribution >= 0.6 is 0 Å². The highest BCUT2D eigenvalue weighted by molar-refractivity contribution is 5.29. The van der Waals surface area contributed by atoms with Crippen molar-refractivity contribution in [1.29, 1.82) is 0 Å². The van der Waals surface area contributed by atoms with Crippen molar-refractivity contribution >= 4 is 6.72 Å². The second-order valence-electron chi connectivity index (χ2n) is 1.09. The topological polar surface area (TPSA) is 50.4 Å². The predicted molar refractivity (Wildman–Crippen MR) is 35.2 cm³/mol. The van der Waals surface area contributed by atoms with E-state index in [0.717, 1.165) is 0 Å². The van der Waals surface area contributed by atoms with Gasteiger partial charge in [-0.05, 0) is 12.8 Å². The first-order valence-corrected chi connectivity index (χ1v) is 2.11. The van der Waals surface area contributed by atoms with Crippen molar-refractivity contribution in [2.75, 3.05) is 0 Å². The van der Waals surface area contributed by atoms with Crippen molar-refractivity contribution in [3.05, 3.63) is 24.6 Å². The highest BCUT2D eigenvalue weighted by Crippen LogP contribution is 1.84. The molecule has 0 saturated carbocycles. The molecule has 0 amide bonds. The van der Waals surface area contributed by atoms with Crippen LogP contribution in [0.3, 0.4) is 0 Å². The molecule has 0 aromatic carbocycles. The van der Waals surface area contributed by atoms with E-state index >= 15 is 0 Å². The molecule has 0 aliphatic rings. The third-order valence-corrected chi connectivity index (χ3v) is 0.594. The summed E-state index contributed by atoms with van der Waals surface area (Å²) in [6.07, 6.45) is 3.19. The quantitative estimate of drug-likeness (QED) is 0.236. The first-order chi connectivity index (χ1) is 3.85. The Labute approximate surface area is 48.6 Å². The molecule has 44 valence electrons. The Hall–Kier alpha value is -1.09. The van der Waals surface area contributed by atoms with E-state index in [1.54, 1.807) is 12.2 Å². The highest BCUT2D eigenvalue weighted by Gasteiger charge is 1.78.